The zero-order valence-corrected chi connectivity index (χ0v) is 13.4. The van der Waals surface area contributed by atoms with E-state index in [0.29, 0.717) is 6.61 Å². The van der Waals surface area contributed by atoms with Crippen LogP contribution in [-0.2, 0) is 21.1 Å². The van der Waals surface area contributed by atoms with Gasteiger partial charge < -0.3 is 14.0 Å². The minimum absolute atomic E-state index is 0.0681. The Labute approximate surface area is 126 Å². The zero-order chi connectivity index (χ0) is 15.3. The second-order valence-electron chi connectivity index (χ2n) is 6.82. The van der Waals surface area contributed by atoms with Gasteiger partial charge in [0.15, 0.2) is 0 Å². The molecule has 6 heteroatoms. The fraction of sp³-hybridized carbons (Fsp3) is 0.667. The van der Waals surface area contributed by atoms with Crippen molar-refractivity contribution in [1.82, 2.24) is 9.78 Å². The van der Waals surface area contributed by atoms with E-state index in [1.807, 2.05) is 19.4 Å². The van der Waals surface area contributed by atoms with Crippen LogP contribution in [0.3, 0.4) is 0 Å². The van der Waals surface area contributed by atoms with E-state index in [9.17, 15) is 0 Å². The van der Waals surface area contributed by atoms with Crippen LogP contribution in [0.25, 0.3) is 0 Å². The van der Waals surface area contributed by atoms with Crippen molar-refractivity contribution in [2.75, 3.05) is 6.61 Å². The molecule has 2 aliphatic heterocycles. The molecule has 0 radical (unpaired) electrons. The van der Waals surface area contributed by atoms with Gasteiger partial charge in [-0.2, -0.15) is 5.10 Å². The van der Waals surface area contributed by atoms with Crippen molar-refractivity contribution in [3.05, 3.63) is 29.5 Å². The molecule has 1 aromatic rings. The van der Waals surface area contributed by atoms with E-state index in [4.69, 9.17) is 14.0 Å². The van der Waals surface area contributed by atoms with E-state index in [0.717, 1.165) is 17.5 Å². The van der Waals surface area contributed by atoms with Crippen molar-refractivity contribution in [3.63, 3.8) is 0 Å². The number of aromatic nitrogens is 2. The van der Waals surface area contributed by atoms with Gasteiger partial charge in [0.1, 0.15) is 6.10 Å². The summed E-state index contributed by atoms with van der Waals surface area (Å²) < 4.78 is 19.9. The molecule has 1 aromatic heterocycles. The molecule has 3 heterocycles. The van der Waals surface area contributed by atoms with Crippen molar-refractivity contribution in [2.24, 2.45) is 7.05 Å². The van der Waals surface area contributed by atoms with E-state index in [1.54, 1.807) is 4.68 Å². The topological polar surface area (TPSA) is 45.5 Å². The van der Waals surface area contributed by atoms with Gasteiger partial charge in [0, 0.05) is 18.8 Å². The summed E-state index contributed by atoms with van der Waals surface area (Å²) in [5.41, 5.74) is 1.61. The van der Waals surface area contributed by atoms with Gasteiger partial charge in [0.2, 0.25) is 0 Å². The largest absolute Gasteiger partial charge is 0.490 e. The van der Waals surface area contributed by atoms with Crippen molar-refractivity contribution >= 4 is 7.12 Å². The summed E-state index contributed by atoms with van der Waals surface area (Å²) in [6.07, 6.45) is 6.71. The lowest BCUT2D eigenvalue weighted by molar-refractivity contribution is 0.00578. The molecular weight excluding hydrogens is 267 g/mol. The summed E-state index contributed by atoms with van der Waals surface area (Å²) in [5.74, 6) is 0. The molecule has 0 bridgehead atoms. The highest BCUT2D eigenvalue weighted by Gasteiger charge is 2.52. The van der Waals surface area contributed by atoms with Gasteiger partial charge in [-0.1, -0.05) is 6.08 Å². The van der Waals surface area contributed by atoms with Crippen LogP contribution >= 0.6 is 0 Å². The van der Waals surface area contributed by atoms with E-state index in [2.05, 4.69) is 38.9 Å². The maximum Gasteiger partial charge on any atom is 0.490 e. The first-order valence-corrected chi connectivity index (χ1v) is 7.45. The van der Waals surface area contributed by atoms with Crippen LogP contribution in [-0.4, -0.2) is 34.7 Å². The fourth-order valence-corrected chi connectivity index (χ4v) is 2.60. The summed E-state index contributed by atoms with van der Waals surface area (Å²) in [7, 11) is 1.63. The standard InChI is InChI=1S/C15H23BN2O3/c1-14(2)15(3,4)21-16(20-14)12-6-7-19-13(8-12)11-9-17-18(5)10-11/h8-10,13H,6-7H2,1-5H3. The first-order chi connectivity index (χ1) is 9.78. The monoisotopic (exact) mass is 290 g/mol. The Bertz CT molecular complexity index is 549. The molecule has 0 aliphatic carbocycles. The Morgan fingerprint density at radius 1 is 1.24 bits per heavy atom. The van der Waals surface area contributed by atoms with Gasteiger partial charge >= 0.3 is 7.12 Å². The van der Waals surface area contributed by atoms with Crippen molar-refractivity contribution in [2.45, 2.75) is 51.4 Å². The predicted molar refractivity (Wildman–Crippen MR) is 80.7 cm³/mol. The number of nitrogens with zero attached hydrogens (tertiary/aromatic N) is 2. The molecule has 0 aromatic carbocycles. The minimum Gasteiger partial charge on any atom is -0.400 e. The summed E-state index contributed by atoms with van der Waals surface area (Å²) in [6, 6.07) is 0. The highest BCUT2D eigenvalue weighted by atomic mass is 16.7. The molecule has 3 rings (SSSR count). The molecule has 0 saturated carbocycles. The Kier molecular flexibility index (Phi) is 3.51. The summed E-state index contributed by atoms with van der Waals surface area (Å²) in [4.78, 5) is 0. The van der Waals surface area contributed by atoms with Gasteiger partial charge in [-0.15, -0.1) is 0 Å². The van der Waals surface area contributed by atoms with Crippen LogP contribution in [0.2, 0.25) is 0 Å². The first-order valence-electron chi connectivity index (χ1n) is 7.45. The number of ether oxygens (including phenoxy) is 1. The van der Waals surface area contributed by atoms with Gasteiger partial charge in [0.05, 0.1) is 24.0 Å². The lowest BCUT2D eigenvalue weighted by Gasteiger charge is -2.32. The number of aryl methyl sites for hydroxylation is 1. The van der Waals surface area contributed by atoms with E-state index in [-0.39, 0.29) is 24.4 Å². The molecule has 2 aliphatic rings. The third kappa shape index (κ3) is 2.68. The van der Waals surface area contributed by atoms with Crippen molar-refractivity contribution in [1.29, 1.82) is 0 Å². The van der Waals surface area contributed by atoms with Crippen LogP contribution in [0.1, 0.15) is 45.8 Å². The Morgan fingerprint density at radius 3 is 2.48 bits per heavy atom. The number of rotatable bonds is 2. The smallest absolute Gasteiger partial charge is 0.400 e. The van der Waals surface area contributed by atoms with Crippen LogP contribution in [0.4, 0.5) is 0 Å². The van der Waals surface area contributed by atoms with Gasteiger partial charge in [0.25, 0.3) is 0 Å². The third-order valence-corrected chi connectivity index (χ3v) is 4.66. The molecule has 114 valence electrons. The van der Waals surface area contributed by atoms with Crippen LogP contribution < -0.4 is 0 Å². The van der Waals surface area contributed by atoms with Crippen molar-refractivity contribution < 1.29 is 14.0 Å². The second kappa shape index (κ2) is 4.97. The number of hydrogen-bond acceptors (Lipinski definition) is 4. The van der Waals surface area contributed by atoms with Gasteiger partial charge in [-0.3, -0.25) is 4.68 Å². The molecule has 1 fully saturated rings. The first kappa shape index (κ1) is 14.8. The fourth-order valence-electron chi connectivity index (χ4n) is 2.60. The molecule has 1 unspecified atom stereocenters. The van der Waals surface area contributed by atoms with E-state index >= 15 is 0 Å². The molecule has 1 saturated heterocycles. The van der Waals surface area contributed by atoms with Crippen molar-refractivity contribution in [3.8, 4) is 0 Å². The van der Waals surface area contributed by atoms with Crippen LogP contribution in [0.5, 0.6) is 0 Å². The summed E-state index contributed by atoms with van der Waals surface area (Å²) in [5, 5.41) is 4.21. The normalized spacial score (nSPS) is 27.8. The van der Waals surface area contributed by atoms with Gasteiger partial charge in [-0.05, 0) is 39.6 Å². The lowest BCUT2D eigenvalue weighted by Crippen LogP contribution is -2.41. The lowest BCUT2D eigenvalue weighted by atomic mass is 9.74. The van der Waals surface area contributed by atoms with Gasteiger partial charge in [-0.25, -0.2) is 0 Å². The zero-order valence-electron chi connectivity index (χ0n) is 13.4. The Hall–Kier alpha value is -1.11. The second-order valence-corrected chi connectivity index (χ2v) is 6.82. The van der Waals surface area contributed by atoms with E-state index in [1.165, 1.54) is 0 Å². The average Bonchev–Trinajstić information content (AvgIpc) is 2.92. The Morgan fingerprint density at radius 2 is 1.90 bits per heavy atom. The average molecular weight is 290 g/mol. The highest BCUT2D eigenvalue weighted by molar-refractivity contribution is 6.54. The van der Waals surface area contributed by atoms with E-state index < -0.39 is 0 Å². The minimum atomic E-state index is -0.305. The maximum atomic E-state index is 6.13. The summed E-state index contributed by atoms with van der Waals surface area (Å²) in [6.45, 7) is 8.98. The molecule has 0 spiro atoms. The summed E-state index contributed by atoms with van der Waals surface area (Å²) >= 11 is 0. The molecule has 1 atom stereocenters. The molecule has 21 heavy (non-hydrogen) atoms. The molecule has 5 nitrogen and oxygen atoms in total. The maximum absolute atomic E-state index is 6.13. The third-order valence-electron chi connectivity index (χ3n) is 4.66. The molecular formula is C15H23BN2O3. The molecule has 0 N–H and O–H groups in total. The van der Waals surface area contributed by atoms with Crippen LogP contribution in [0, 0.1) is 0 Å². The SMILES string of the molecule is Cn1cc(C2C=C(B3OC(C)(C)C(C)(C)O3)CCO2)cn1. The predicted octanol–water partition coefficient (Wildman–Crippen LogP) is 2.44. The molecule has 0 amide bonds. The quantitative estimate of drug-likeness (QED) is 0.785. The number of hydrogen-bond donors (Lipinski definition) is 0. The highest BCUT2D eigenvalue weighted by Crippen LogP contribution is 2.40. The Balaban J connectivity index is 1.81. The van der Waals surface area contributed by atoms with Crippen LogP contribution in [0.15, 0.2) is 23.9 Å².